The van der Waals surface area contributed by atoms with Gasteiger partial charge in [-0.2, -0.15) is 0 Å². The number of unbranched alkanes of at least 4 members (excludes halogenated alkanes) is 12. The van der Waals surface area contributed by atoms with Gasteiger partial charge in [0.1, 0.15) is 0 Å². The Morgan fingerprint density at radius 1 is 0.250 bits per heavy atom. The van der Waals surface area contributed by atoms with Crippen molar-refractivity contribution < 1.29 is 52.7 Å². The maximum absolute atomic E-state index is 16.3. The Morgan fingerprint density at radius 3 is 0.635 bits per heavy atom. The van der Waals surface area contributed by atoms with Crippen LogP contribution < -0.4 is 22.2 Å². The number of halogens is 12. The van der Waals surface area contributed by atoms with Crippen molar-refractivity contribution in [2.45, 2.75) is 168 Å². The average Bonchev–Trinajstić information content (AvgIpc) is 0.652. The van der Waals surface area contributed by atoms with Crippen LogP contribution in [0.2, 0.25) is 0 Å². The molecule has 13 rings (SSSR count). The van der Waals surface area contributed by atoms with E-state index >= 15 is 71.9 Å². The van der Waals surface area contributed by atoms with Crippen molar-refractivity contribution in [1.29, 1.82) is 0 Å². The molecule has 496 valence electrons. The largest absolute Gasteiger partial charge is 0.271 e. The summed E-state index contributed by atoms with van der Waals surface area (Å²) in [7, 11) is 0. The molecule has 0 aliphatic carbocycles. The minimum absolute atomic E-state index is 0.00845. The molecule has 0 aliphatic rings. The van der Waals surface area contributed by atoms with Crippen molar-refractivity contribution in [2.24, 2.45) is 0 Å². The first-order valence-electron chi connectivity index (χ1n) is 33.4. The summed E-state index contributed by atoms with van der Waals surface area (Å²) >= 11 is 0. The second-order valence-electron chi connectivity index (χ2n) is 26.1. The van der Waals surface area contributed by atoms with E-state index in [0.29, 0.717) is 99.9 Å². The fraction of sp³-hybridized carbons (Fsp3) is 0.333. The summed E-state index contributed by atoms with van der Waals surface area (Å²) in [6.45, 7) is 8.05. The first-order chi connectivity index (χ1) is 46.2. The summed E-state index contributed by atoms with van der Waals surface area (Å²) in [5.41, 5.74) is -6.89. The van der Waals surface area contributed by atoms with Crippen molar-refractivity contribution >= 4 is 86.2 Å². The molecule has 0 bridgehead atoms. The summed E-state index contributed by atoms with van der Waals surface area (Å²) < 4.78 is 195. The number of hydrogen-bond acceptors (Lipinski definition) is 4. The Balaban J connectivity index is 1.37. The van der Waals surface area contributed by atoms with Crippen LogP contribution in [0.1, 0.15) is 168 Å². The van der Waals surface area contributed by atoms with Gasteiger partial charge in [-0.15, -0.1) is 0 Å². The number of rotatable bonds is 26. The molecular formula is C78H66F12N2O4. The van der Waals surface area contributed by atoms with Crippen molar-refractivity contribution in [3.8, 4) is 44.5 Å². The maximum atomic E-state index is 16.3. The molecule has 0 saturated carbocycles. The van der Waals surface area contributed by atoms with Crippen LogP contribution in [0.3, 0.4) is 0 Å². The molecule has 0 aliphatic heterocycles. The van der Waals surface area contributed by atoms with Gasteiger partial charge < -0.3 is 0 Å². The first kappa shape index (κ1) is 65.8. The van der Waals surface area contributed by atoms with Gasteiger partial charge in [0.25, 0.3) is 22.2 Å². The molecule has 0 saturated heterocycles. The molecule has 0 radical (unpaired) electrons. The monoisotopic (exact) mass is 1320 g/mol. The van der Waals surface area contributed by atoms with Crippen LogP contribution in [-0.2, 0) is 0 Å². The van der Waals surface area contributed by atoms with E-state index in [2.05, 4.69) is 0 Å². The van der Waals surface area contributed by atoms with Gasteiger partial charge in [-0.05, 0) is 186 Å². The van der Waals surface area contributed by atoms with Gasteiger partial charge >= 0.3 is 0 Å². The number of aromatic nitrogens is 2. The van der Waals surface area contributed by atoms with E-state index in [0.717, 1.165) is 86.2 Å². The van der Waals surface area contributed by atoms with Crippen LogP contribution in [0.5, 0.6) is 0 Å². The molecule has 0 N–H and O–H groups in total. The van der Waals surface area contributed by atoms with E-state index in [-0.39, 0.29) is 108 Å². The molecular weight excluding hydrogens is 1260 g/mol. The van der Waals surface area contributed by atoms with Crippen molar-refractivity contribution in [3.63, 3.8) is 0 Å². The predicted octanol–water partition coefficient (Wildman–Crippen LogP) is 22.4. The van der Waals surface area contributed by atoms with Gasteiger partial charge in [0.2, 0.25) is 0 Å². The standard InChI is InChI=1S/C78H66F12N2O4/c1-5-9-13-17-21-41(22-18-14-10-6-2)91-75(93)47-33-43-59(37-25-51(79)71(87)52(80)26-37)61(39-29-55(83)73(89)56(84)30-39)45-35-49-64-50(78(96)92(77(49)95)42(23-19-15-11-7-3)24-20-16-12-8-4)36-46-62(40-31-57(85)74(90)58(86)32-40)60(38-27-53(81)72(88)54(82)28-38)44-34-48(76(91)94)63(47)69-65(43)67(45)70(64)68(46)66(44)69/h25-36,41-42H,5-24H2,1-4H3. The molecule has 13 aromatic rings. The van der Waals surface area contributed by atoms with E-state index in [1.54, 1.807) is 0 Å². The van der Waals surface area contributed by atoms with Crippen molar-refractivity contribution in [3.05, 3.63) is 184 Å². The third kappa shape index (κ3) is 10.6. The van der Waals surface area contributed by atoms with Crippen LogP contribution in [0.15, 0.2) is 92.0 Å². The quantitative estimate of drug-likeness (QED) is 0.0178. The second kappa shape index (κ2) is 26.0. The summed E-state index contributed by atoms with van der Waals surface area (Å²) in [6.07, 6.45) is 13.0. The molecule has 0 atom stereocenters. The molecule has 0 unspecified atom stereocenters. The number of hydrogen-bond donors (Lipinski definition) is 0. The SMILES string of the molecule is CCCCCCC(CCCCCC)n1c(=O)c2cc3c(-c4cc(F)c(F)c(F)c4)c(-c4cc(F)c(F)c(F)c4)c4cc5c(=O)n(C(CCCCCC)CCCCCC)c(=O)c6cc7c(-c8cc(F)c(F)c(F)c8)c(-c8cc(F)c(F)c(F)c8)c8cc(c1=O)c2c1c3c4c(c56)c7c81. The smallest absolute Gasteiger partial charge is 0.261 e. The van der Waals surface area contributed by atoms with Crippen LogP contribution in [0.4, 0.5) is 52.7 Å². The fourth-order valence-corrected chi connectivity index (χ4v) is 15.7. The lowest BCUT2D eigenvalue weighted by Crippen LogP contribution is -2.37. The minimum atomic E-state index is -1.92. The van der Waals surface area contributed by atoms with Crippen LogP contribution in [-0.4, -0.2) is 9.13 Å². The number of pyridine rings is 2. The van der Waals surface area contributed by atoms with E-state index in [1.807, 2.05) is 27.7 Å². The Morgan fingerprint density at radius 2 is 0.448 bits per heavy atom. The first-order valence-corrected chi connectivity index (χ1v) is 33.4. The third-order valence-electron chi connectivity index (χ3n) is 20.1. The zero-order valence-corrected chi connectivity index (χ0v) is 53.3. The van der Waals surface area contributed by atoms with Gasteiger partial charge in [-0.3, -0.25) is 28.3 Å². The van der Waals surface area contributed by atoms with E-state index in [4.69, 9.17) is 0 Å². The molecule has 2 heterocycles. The summed E-state index contributed by atoms with van der Waals surface area (Å²) in [5, 5.41) is -1.72. The highest BCUT2D eigenvalue weighted by molar-refractivity contribution is 6.53. The van der Waals surface area contributed by atoms with Gasteiger partial charge in [0.05, 0.1) is 0 Å². The average molecular weight is 1320 g/mol. The Bertz CT molecular complexity index is 4720. The minimum Gasteiger partial charge on any atom is -0.271 e. The van der Waals surface area contributed by atoms with Gasteiger partial charge in [0.15, 0.2) is 69.8 Å². The maximum Gasteiger partial charge on any atom is 0.261 e. The molecule has 0 spiro atoms. The molecule has 11 aromatic carbocycles. The highest BCUT2D eigenvalue weighted by Gasteiger charge is 2.36. The van der Waals surface area contributed by atoms with Crippen LogP contribution in [0, 0.1) is 69.8 Å². The van der Waals surface area contributed by atoms with Gasteiger partial charge in [-0.1, -0.05) is 130 Å². The molecule has 6 nitrogen and oxygen atoms in total. The van der Waals surface area contributed by atoms with E-state index in [1.165, 1.54) is 24.3 Å². The Labute approximate surface area is 542 Å². The van der Waals surface area contributed by atoms with E-state index in [9.17, 15) is 0 Å². The zero-order valence-electron chi connectivity index (χ0n) is 53.3. The summed E-state index contributed by atoms with van der Waals surface area (Å²) in [5.74, 6) is -21.6. The van der Waals surface area contributed by atoms with Gasteiger partial charge in [0, 0.05) is 55.2 Å². The van der Waals surface area contributed by atoms with Crippen molar-refractivity contribution in [2.75, 3.05) is 0 Å². The number of benzene rings is 11. The normalized spacial score (nSPS) is 12.5. The molecule has 96 heavy (non-hydrogen) atoms. The third-order valence-corrected chi connectivity index (χ3v) is 20.1. The van der Waals surface area contributed by atoms with E-state index < -0.39 is 126 Å². The van der Waals surface area contributed by atoms with Gasteiger partial charge in [-0.25, -0.2) is 52.7 Å². The number of nitrogens with zero attached hydrogens (tertiary/aromatic N) is 2. The van der Waals surface area contributed by atoms with Crippen LogP contribution >= 0.6 is 0 Å². The Kier molecular flexibility index (Phi) is 17.8. The second-order valence-corrected chi connectivity index (χ2v) is 26.1. The molecule has 0 fully saturated rings. The topological polar surface area (TPSA) is 78.1 Å². The Hall–Kier alpha value is -8.80. The lowest BCUT2D eigenvalue weighted by atomic mass is 9.73. The van der Waals surface area contributed by atoms with Crippen molar-refractivity contribution in [1.82, 2.24) is 9.13 Å². The molecule has 2 aromatic heterocycles. The lowest BCUT2D eigenvalue weighted by Gasteiger charge is -2.30. The summed E-state index contributed by atoms with van der Waals surface area (Å²) in [4.78, 5) is 64.8. The fourth-order valence-electron chi connectivity index (χ4n) is 15.7. The highest BCUT2D eigenvalue weighted by atomic mass is 19.2. The summed E-state index contributed by atoms with van der Waals surface area (Å²) in [6, 6.07) is 8.64. The zero-order chi connectivity index (χ0) is 68.0. The molecule has 18 heteroatoms. The molecule has 0 amide bonds. The predicted molar refractivity (Wildman–Crippen MR) is 358 cm³/mol. The lowest BCUT2D eigenvalue weighted by molar-refractivity contribution is 0.384. The highest BCUT2D eigenvalue weighted by Crippen LogP contribution is 2.59. The van der Waals surface area contributed by atoms with Crippen LogP contribution in [0.25, 0.3) is 131 Å².